The Bertz CT molecular complexity index is 580. The van der Waals surface area contributed by atoms with Crippen molar-refractivity contribution in [3.8, 4) is 0 Å². The molecule has 4 nitrogen and oxygen atoms in total. The second kappa shape index (κ2) is 4.88. The molecule has 17 heavy (non-hydrogen) atoms. The first-order chi connectivity index (χ1) is 8.22. The van der Waals surface area contributed by atoms with Crippen LogP contribution >= 0.6 is 0 Å². The maximum absolute atomic E-state index is 13.9. The Kier molecular flexibility index (Phi) is 3.30. The third-order valence-electron chi connectivity index (χ3n) is 2.51. The maximum Gasteiger partial charge on any atom is 0.253 e. The van der Waals surface area contributed by atoms with E-state index in [9.17, 15) is 9.18 Å². The number of benzene rings is 1. The average Bonchev–Trinajstić information content (AvgIpc) is 2.34. The molecular formula is C12H12FN3O. The van der Waals surface area contributed by atoms with Gasteiger partial charge in [0, 0.05) is 29.9 Å². The predicted octanol–water partition coefficient (Wildman–Crippen LogP) is 0.889. The van der Waals surface area contributed by atoms with Crippen molar-refractivity contribution in [2.75, 3.05) is 0 Å². The first kappa shape index (κ1) is 11.5. The van der Waals surface area contributed by atoms with Gasteiger partial charge < -0.3 is 5.73 Å². The summed E-state index contributed by atoms with van der Waals surface area (Å²) < 4.78 is 15.2. The van der Waals surface area contributed by atoms with Gasteiger partial charge in [0.2, 0.25) is 0 Å². The Morgan fingerprint density at radius 2 is 2.06 bits per heavy atom. The van der Waals surface area contributed by atoms with Crippen LogP contribution < -0.4 is 11.3 Å². The lowest BCUT2D eigenvalue weighted by Gasteiger charge is -2.08. The van der Waals surface area contributed by atoms with Crippen LogP contribution in [0.5, 0.6) is 0 Å². The Hall–Kier alpha value is -2.01. The van der Waals surface area contributed by atoms with Crippen molar-refractivity contribution >= 4 is 0 Å². The fourth-order valence-electron chi connectivity index (χ4n) is 1.59. The molecule has 5 heteroatoms. The largest absolute Gasteiger partial charge is 0.326 e. The molecule has 0 atom stereocenters. The fourth-order valence-corrected chi connectivity index (χ4v) is 1.59. The molecule has 1 aromatic carbocycles. The minimum Gasteiger partial charge on any atom is -0.326 e. The summed E-state index contributed by atoms with van der Waals surface area (Å²) in [6.07, 6.45) is 2.79. The van der Waals surface area contributed by atoms with E-state index in [1.54, 1.807) is 18.2 Å². The lowest BCUT2D eigenvalue weighted by Crippen LogP contribution is -2.20. The van der Waals surface area contributed by atoms with Gasteiger partial charge in [0.1, 0.15) is 5.82 Å². The summed E-state index contributed by atoms with van der Waals surface area (Å²) in [5.74, 6) is -0.356. The van der Waals surface area contributed by atoms with Gasteiger partial charge in [0.05, 0.1) is 12.9 Å². The molecule has 1 heterocycles. The molecule has 2 rings (SSSR count). The number of rotatable bonds is 3. The Morgan fingerprint density at radius 3 is 2.76 bits per heavy atom. The predicted molar refractivity (Wildman–Crippen MR) is 61.9 cm³/mol. The van der Waals surface area contributed by atoms with Crippen LogP contribution in [0.15, 0.2) is 41.6 Å². The van der Waals surface area contributed by atoms with E-state index in [2.05, 4.69) is 4.98 Å². The van der Waals surface area contributed by atoms with Crippen molar-refractivity contribution in [1.82, 2.24) is 9.55 Å². The summed E-state index contributed by atoms with van der Waals surface area (Å²) in [5.41, 5.74) is 6.09. The van der Waals surface area contributed by atoms with Gasteiger partial charge in [-0.1, -0.05) is 18.2 Å². The second-order valence-electron chi connectivity index (χ2n) is 3.64. The lowest BCUT2D eigenvalue weighted by atomic mass is 10.1. The van der Waals surface area contributed by atoms with Crippen molar-refractivity contribution in [2.24, 2.45) is 5.73 Å². The SMILES string of the molecule is NCc1cccc(Cn2cnccc2=O)c1F. The highest BCUT2D eigenvalue weighted by Gasteiger charge is 2.07. The summed E-state index contributed by atoms with van der Waals surface area (Å²) in [4.78, 5) is 15.3. The summed E-state index contributed by atoms with van der Waals surface area (Å²) in [7, 11) is 0. The number of halogens is 1. The highest BCUT2D eigenvalue weighted by molar-refractivity contribution is 5.26. The van der Waals surface area contributed by atoms with E-state index in [0.29, 0.717) is 11.1 Å². The van der Waals surface area contributed by atoms with Crippen LogP contribution in [0.25, 0.3) is 0 Å². The first-order valence-electron chi connectivity index (χ1n) is 5.19. The van der Waals surface area contributed by atoms with Gasteiger partial charge in [-0.15, -0.1) is 0 Å². The van der Waals surface area contributed by atoms with Crippen molar-refractivity contribution in [2.45, 2.75) is 13.1 Å². The molecule has 0 aliphatic heterocycles. The molecular weight excluding hydrogens is 221 g/mol. The van der Waals surface area contributed by atoms with E-state index in [4.69, 9.17) is 5.73 Å². The minimum atomic E-state index is -0.356. The molecule has 2 N–H and O–H groups in total. The van der Waals surface area contributed by atoms with Crippen LogP contribution in [0.2, 0.25) is 0 Å². The Morgan fingerprint density at radius 1 is 1.29 bits per heavy atom. The number of nitrogens with zero attached hydrogens (tertiary/aromatic N) is 2. The molecule has 0 radical (unpaired) electrons. The summed E-state index contributed by atoms with van der Waals surface area (Å²) in [6, 6.07) is 6.32. The molecule has 0 spiro atoms. The molecule has 0 aliphatic rings. The van der Waals surface area contributed by atoms with E-state index < -0.39 is 0 Å². The van der Waals surface area contributed by atoms with Crippen LogP contribution in [0.3, 0.4) is 0 Å². The van der Waals surface area contributed by atoms with Crippen molar-refractivity contribution in [3.05, 3.63) is 64.1 Å². The zero-order chi connectivity index (χ0) is 12.3. The van der Waals surface area contributed by atoms with Gasteiger partial charge in [0.15, 0.2) is 0 Å². The van der Waals surface area contributed by atoms with E-state index >= 15 is 0 Å². The molecule has 0 saturated heterocycles. The van der Waals surface area contributed by atoms with E-state index in [1.165, 1.54) is 23.2 Å². The van der Waals surface area contributed by atoms with Crippen LogP contribution in [-0.2, 0) is 13.1 Å². The molecule has 0 aliphatic carbocycles. The van der Waals surface area contributed by atoms with Crippen molar-refractivity contribution in [3.63, 3.8) is 0 Å². The highest BCUT2D eigenvalue weighted by Crippen LogP contribution is 2.13. The lowest BCUT2D eigenvalue weighted by molar-refractivity contribution is 0.580. The number of aromatic nitrogens is 2. The second-order valence-corrected chi connectivity index (χ2v) is 3.64. The van der Waals surface area contributed by atoms with Crippen LogP contribution in [0.1, 0.15) is 11.1 Å². The molecule has 0 saturated carbocycles. The van der Waals surface area contributed by atoms with Gasteiger partial charge >= 0.3 is 0 Å². The van der Waals surface area contributed by atoms with Crippen LogP contribution in [0, 0.1) is 5.82 Å². The van der Waals surface area contributed by atoms with E-state index in [-0.39, 0.29) is 24.5 Å². The molecule has 1 aromatic heterocycles. The number of hydrogen-bond donors (Lipinski definition) is 1. The van der Waals surface area contributed by atoms with Crippen molar-refractivity contribution < 1.29 is 4.39 Å². The Labute approximate surface area is 97.5 Å². The Balaban J connectivity index is 2.37. The van der Waals surface area contributed by atoms with Gasteiger partial charge in [-0.2, -0.15) is 0 Å². The van der Waals surface area contributed by atoms with Gasteiger partial charge in [-0.3, -0.25) is 9.36 Å². The smallest absolute Gasteiger partial charge is 0.253 e. The highest BCUT2D eigenvalue weighted by atomic mass is 19.1. The zero-order valence-corrected chi connectivity index (χ0v) is 9.14. The topological polar surface area (TPSA) is 60.9 Å². The molecule has 0 amide bonds. The fraction of sp³-hybridized carbons (Fsp3) is 0.167. The first-order valence-corrected chi connectivity index (χ1v) is 5.19. The van der Waals surface area contributed by atoms with Crippen LogP contribution in [-0.4, -0.2) is 9.55 Å². The monoisotopic (exact) mass is 233 g/mol. The normalized spacial score (nSPS) is 10.5. The van der Waals surface area contributed by atoms with E-state index in [1.807, 2.05) is 0 Å². The standard InChI is InChI=1S/C12H12FN3O/c13-12-9(6-14)2-1-3-10(12)7-16-8-15-5-4-11(16)17/h1-5,8H,6-7,14H2. The molecule has 2 aromatic rings. The molecule has 88 valence electrons. The quantitative estimate of drug-likeness (QED) is 0.856. The minimum absolute atomic E-state index is 0.140. The van der Waals surface area contributed by atoms with Gasteiger partial charge in [-0.05, 0) is 0 Å². The third-order valence-corrected chi connectivity index (χ3v) is 2.51. The van der Waals surface area contributed by atoms with Crippen molar-refractivity contribution in [1.29, 1.82) is 0 Å². The zero-order valence-electron chi connectivity index (χ0n) is 9.14. The number of nitrogens with two attached hydrogens (primary N) is 1. The van der Waals surface area contributed by atoms with E-state index in [0.717, 1.165) is 0 Å². The summed E-state index contributed by atoms with van der Waals surface area (Å²) in [6.45, 7) is 0.300. The van der Waals surface area contributed by atoms with Gasteiger partial charge in [0.25, 0.3) is 5.56 Å². The van der Waals surface area contributed by atoms with Crippen LogP contribution in [0.4, 0.5) is 4.39 Å². The molecule has 0 bridgehead atoms. The average molecular weight is 233 g/mol. The molecule has 0 unspecified atom stereocenters. The number of hydrogen-bond acceptors (Lipinski definition) is 3. The summed E-state index contributed by atoms with van der Waals surface area (Å²) in [5, 5.41) is 0. The maximum atomic E-state index is 13.9. The molecule has 0 fully saturated rings. The van der Waals surface area contributed by atoms with Gasteiger partial charge in [-0.25, -0.2) is 9.37 Å². The summed E-state index contributed by atoms with van der Waals surface area (Å²) >= 11 is 0. The third kappa shape index (κ3) is 2.39.